The average molecular weight is 226 g/mol. The van der Waals surface area contributed by atoms with Gasteiger partial charge in [0.2, 0.25) is 0 Å². The maximum atomic E-state index is 6.00. The molecule has 1 aliphatic rings. The highest BCUT2D eigenvalue weighted by atomic mass is 14.9. The minimum Gasteiger partial charge on any atom is -0.328 e. The number of hydrogen-bond acceptors (Lipinski definition) is 2. The summed E-state index contributed by atoms with van der Waals surface area (Å²) >= 11 is 0. The lowest BCUT2D eigenvalue weighted by atomic mass is 9.81. The summed E-state index contributed by atoms with van der Waals surface area (Å²) in [4.78, 5) is 0. The molecule has 0 aliphatic heterocycles. The van der Waals surface area contributed by atoms with Gasteiger partial charge in [-0.2, -0.15) is 0 Å². The number of nitrogens with two attached hydrogens (primary N) is 1. The van der Waals surface area contributed by atoms with Gasteiger partial charge in [-0.25, -0.2) is 0 Å². The van der Waals surface area contributed by atoms with Crippen LogP contribution in [0.2, 0.25) is 0 Å². The van der Waals surface area contributed by atoms with Crippen molar-refractivity contribution in [3.05, 3.63) is 0 Å². The molecule has 0 amide bonds. The van der Waals surface area contributed by atoms with Crippen LogP contribution in [-0.2, 0) is 0 Å². The van der Waals surface area contributed by atoms with E-state index in [0.29, 0.717) is 11.5 Å². The summed E-state index contributed by atoms with van der Waals surface area (Å²) in [6, 6.07) is 0.459. The SMILES string of the molecule is CC(CNCC1CCCC(N)C1)C(C)(C)C. The van der Waals surface area contributed by atoms with E-state index in [1.807, 2.05) is 0 Å². The lowest BCUT2D eigenvalue weighted by Gasteiger charge is -2.30. The summed E-state index contributed by atoms with van der Waals surface area (Å²) in [5.41, 5.74) is 6.41. The first-order valence-corrected chi connectivity index (χ1v) is 6.86. The Bertz CT molecular complexity index is 195. The van der Waals surface area contributed by atoms with Crippen molar-refractivity contribution in [2.45, 2.75) is 59.4 Å². The molecule has 0 saturated heterocycles. The van der Waals surface area contributed by atoms with Crippen LogP contribution in [-0.4, -0.2) is 19.1 Å². The van der Waals surface area contributed by atoms with E-state index < -0.39 is 0 Å². The van der Waals surface area contributed by atoms with Crippen LogP contribution in [0.5, 0.6) is 0 Å². The van der Waals surface area contributed by atoms with E-state index in [2.05, 4.69) is 33.0 Å². The van der Waals surface area contributed by atoms with Crippen LogP contribution < -0.4 is 11.1 Å². The van der Waals surface area contributed by atoms with Gasteiger partial charge in [-0.05, 0) is 49.6 Å². The van der Waals surface area contributed by atoms with Gasteiger partial charge in [-0.15, -0.1) is 0 Å². The molecule has 16 heavy (non-hydrogen) atoms. The molecule has 1 saturated carbocycles. The first-order valence-electron chi connectivity index (χ1n) is 6.86. The van der Waals surface area contributed by atoms with E-state index in [9.17, 15) is 0 Å². The highest BCUT2D eigenvalue weighted by molar-refractivity contribution is 4.78. The van der Waals surface area contributed by atoms with Crippen molar-refractivity contribution in [1.29, 1.82) is 0 Å². The molecule has 3 atom stereocenters. The Labute approximate surface area is 101 Å². The standard InChI is InChI=1S/C14H30N2/c1-11(14(2,3)4)9-16-10-12-6-5-7-13(15)8-12/h11-13,16H,5-10,15H2,1-4H3. The predicted molar refractivity (Wildman–Crippen MR) is 71.4 cm³/mol. The fourth-order valence-electron chi connectivity index (χ4n) is 2.33. The highest BCUT2D eigenvalue weighted by Crippen LogP contribution is 2.25. The first-order chi connectivity index (χ1) is 7.39. The maximum Gasteiger partial charge on any atom is 0.00419 e. The number of rotatable bonds is 4. The Kier molecular flexibility index (Phi) is 5.26. The zero-order valence-corrected chi connectivity index (χ0v) is 11.6. The fraction of sp³-hybridized carbons (Fsp3) is 1.00. The largest absolute Gasteiger partial charge is 0.328 e. The Balaban J connectivity index is 2.15. The second-order valence-corrected chi connectivity index (χ2v) is 6.72. The van der Waals surface area contributed by atoms with Crippen LogP contribution in [0.4, 0.5) is 0 Å². The molecule has 2 heteroatoms. The molecule has 1 aliphatic carbocycles. The van der Waals surface area contributed by atoms with Crippen molar-refractivity contribution >= 4 is 0 Å². The van der Waals surface area contributed by atoms with Gasteiger partial charge in [-0.1, -0.05) is 34.1 Å². The van der Waals surface area contributed by atoms with E-state index in [1.54, 1.807) is 0 Å². The van der Waals surface area contributed by atoms with Crippen LogP contribution in [0.1, 0.15) is 53.4 Å². The Morgan fingerprint density at radius 2 is 2.00 bits per heavy atom. The average Bonchev–Trinajstić information content (AvgIpc) is 2.16. The molecular weight excluding hydrogens is 196 g/mol. The molecule has 2 nitrogen and oxygen atoms in total. The molecule has 0 aromatic carbocycles. The number of hydrogen-bond donors (Lipinski definition) is 2. The molecule has 0 aromatic heterocycles. The van der Waals surface area contributed by atoms with Crippen LogP contribution >= 0.6 is 0 Å². The molecule has 1 fully saturated rings. The second kappa shape index (κ2) is 6.02. The minimum absolute atomic E-state index is 0.413. The topological polar surface area (TPSA) is 38.0 Å². The van der Waals surface area contributed by atoms with Crippen molar-refractivity contribution in [3.63, 3.8) is 0 Å². The third-order valence-electron chi connectivity index (χ3n) is 4.19. The summed E-state index contributed by atoms with van der Waals surface area (Å²) in [7, 11) is 0. The predicted octanol–water partition coefficient (Wildman–Crippen LogP) is 2.78. The van der Waals surface area contributed by atoms with Gasteiger partial charge in [0.05, 0.1) is 0 Å². The summed E-state index contributed by atoms with van der Waals surface area (Å²) < 4.78 is 0. The summed E-state index contributed by atoms with van der Waals surface area (Å²) in [5, 5.41) is 3.63. The van der Waals surface area contributed by atoms with E-state index in [1.165, 1.54) is 25.7 Å². The van der Waals surface area contributed by atoms with Crippen molar-refractivity contribution in [3.8, 4) is 0 Å². The number of nitrogens with one attached hydrogen (secondary N) is 1. The normalized spacial score (nSPS) is 29.1. The zero-order valence-electron chi connectivity index (χ0n) is 11.6. The minimum atomic E-state index is 0.413. The van der Waals surface area contributed by atoms with Crippen molar-refractivity contribution in [2.75, 3.05) is 13.1 Å². The van der Waals surface area contributed by atoms with Crippen LogP contribution in [0.25, 0.3) is 0 Å². The van der Waals surface area contributed by atoms with E-state index in [4.69, 9.17) is 5.73 Å². The smallest absolute Gasteiger partial charge is 0.00419 e. The van der Waals surface area contributed by atoms with Gasteiger partial charge >= 0.3 is 0 Å². The lowest BCUT2D eigenvalue weighted by molar-refractivity contribution is 0.240. The van der Waals surface area contributed by atoms with Crippen molar-refractivity contribution in [2.24, 2.45) is 23.0 Å². The molecule has 1 rings (SSSR count). The quantitative estimate of drug-likeness (QED) is 0.773. The van der Waals surface area contributed by atoms with Crippen molar-refractivity contribution in [1.82, 2.24) is 5.32 Å². The Morgan fingerprint density at radius 1 is 1.31 bits per heavy atom. The monoisotopic (exact) mass is 226 g/mol. The van der Waals surface area contributed by atoms with Gasteiger partial charge in [0.25, 0.3) is 0 Å². The summed E-state index contributed by atoms with van der Waals surface area (Å²) in [5.74, 6) is 1.54. The third kappa shape index (κ3) is 4.84. The summed E-state index contributed by atoms with van der Waals surface area (Å²) in [6.07, 6.45) is 5.14. The van der Waals surface area contributed by atoms with Gasteiger partial charge in [-0.3, -0.25) is 0 Å². The van der Waals surface area contributed by atoms with E-state index in [-0.39, 0.29) is 0 Å². The molecule has 0 spiro atoms. The molecule has 0 radical (unpaired) electrons. The zero-order chi connectivity index (χ0) is 12.2. The van der Waals surface area contributed by atoms with Gasteiger partial charge in [0, 0.05) is 6.04 Å². The van der Waals surface area contributed by atoms with Gasteiger partial charge in [0.1, 0.15) is 0 Å². The Hall–Kier alpha value is -0.0800. The Morgan fingerprint density at radius 3 is 2.56 bits per heavy atom. The van der Waals surface area contributed by atoms with Crippen LogP contribution in [0.3, 0.4) is 0 Å². The molecule has 0 aromatic rings. The molecule has 3 unspecified atom stereocenters. The van der Waals surface area contributed by atoms with Crippen LogP contribution in [0, 0.1) is 17.3 Å². The molecule has 0 heterocycles. The van der Waals surface area contributed by atoms with E-state index in [0.717, 1.165) is 24.9 Å². The fourth-order valence-corrected chi connectivity index (χ4v) is 2.33. The molecule has 96 valence electrons. The second-order valence-electron chi connectivity index (χ2n) is 6.72. The van der Waals surface area contributed by atoms with Gasteiger partial charge < -0.3 is 11.1 Å². The lowest BCUT2D eigenvalue weighted by Crippen LogP contribution is -2.36. The summed E-state index contributed by atoms with van der Waals surface area (Å²) in [6.45, 7) is 11.6. The molecule has 3 N–H and O–H groups in total. The highest BCUT2D eigenvalue weighted by Gasteiger charge is 2.21. The maximum absolute atomic E-state index is 6.00. The third-order valence-corrected chi connectivity index (χ3v) is 4.19. The first kappa shape index (κ1) is 14.0. The van der Waals surface area contributed by atoms with Crippen LogP contribution in [0.15, 0.2) is 0 Å². The molecular formula is C14H30N2. The van der Waals surface area contributed by atoms with Gasteiger partial charge in [0.15, 0.2) is 0 Å². The van der Waals surface area contributed by atoms with Crippen molar-refractivity contribution < 1.29 is 0 Å². The molecule has 0 bridgehead atoms. The van der Waals surface area contributed by atoms with E-state index >= 15 is 0 Å².